The van der Waals surface area contributed by atoms with Gasteiger partial charge in [-0.05, 0) is 49.8 Å². The lowest BCUT2D eigenvalue weighted by Gasteiger charge is -2.12. The summed E-state index contributed by atoms with van der Waals surface area (Å²) in [7, 11) is 0. The van der Waals surface area contributed by atoms with E-state index in [0.29, 0.717) is 29.4 Å². The highest BCUT2D eigenvalue weighted by Gasteiger charge is 2.12. The molecule has 0 heterocycles. The third kappa shape index (κ3) is 6.70. The highest BCUT2D eigenvalue weighted by atomic mass is 16.6. The number of carbonyl (C=O) groups excluding carboxylic acids is 2. The van der Waals surface area contributed by atoms with E-state index >= 15 is 0 Å². The van der Waals surface area contributed by atoms with Crippen LogP contribution in [0.3, 0.4) is 0 Å². The summed E-state index contributed by atoms with van der Waals surface area (Å²) in [6, 6.07) is 15.7. The number of ether oxygens (including phenoxy) is 3. The lowest BCUT2D eigenvalue weighted by atomic mass is 10.1. The molecule has 2 aromatic rings. The molecule has 0 bridgehead atoms. The van der Waals surface area contributed by atoms with Crippen LogP contribution in [0.25, 0.3) is 6.08 Å². The number of hydrogen-bond acceptors (Lipinski definition) is 6. The average molecular weight is 394 g/mol. The van der Waals surface area contributed by atoms with Crippen LogP contribution < -0.4 is 14.8 Å². The third-order valence-corrected chi connectivity index (χ3v) is 3.63. The molecule has 0 spiro atoms. The van der Waals surface area contributed by atoms with Crippen LogP contribution in [-0.2, 0) is 14.3 Å². The lowest BCUT2D eigenvalue weighted by molar-refractivity contribution is -0.145. The molecule has 0 unspecified atom stereocenters. The van der Waals surface area contributed by atoms with E-state index in [1.165, 1.54) is 6.08 Å². The van der Waals surface area contributed by atoms with E-state index in [1.54, 1.807) is 49.4 Å². The normalized spacial score (nSPS) is 10.6. The van der Waals surface area contributed by atoms with Crippen molar-refractivity contribution in [3.63, 3.8) is 0 Å². The average Bonchev–Trinajstić information content (AvgIpc) is 2.72. The molecule has 0 radical (unpaired) electrons. The van der Waals surface area contributed by atoms with Crippen LogP contribution in [0.15, 0.2) is 54.1 Å². The maximum absolute atomic E-state index is 12.4. The van der Waals surface area contributed by atoms with Crippen LogP contribution in [0.4, 0.5) is 5.69 Å². The molecule has 0 aliphatic rings. The van der Waals surface area contributed by atoms with Gasteiger partial charge in [-0.3, -0.25) is 4.79 Å². The predicted molar refractivity (Wildman–Crippen MR) is 108 cm³/mol. The molecule has 150 valence electrons. The Hall–Kier alpha value is -3.79. The van der Waals surface area contributed by atoms with E-state index in [2.05, 4.69) is 5.32 Å². The Labute approximate surface area is 169 Å². The molecule has 0 fully saturated rings. The van der Waals surface area contributed by atoms with Gasteiger partial charge >= 0.3 is 5.97 Å². The molecule has 7 heteroatoms. The van der Waals surface area contributed by atoms with Crippen molar-refractivity contribution in [1.82, 2.24) is 0 Å². The fraction of sp³-hybridized carbons (Fsp3) is 0.227. The standard InChI is InChI=1S/C22H22N2O5/c1-3-27-20-13-16(10-11-19(20)29-15-21(25)28-4-2)12-17(14-23)22(26)24-18-8-6-5-7-9-18/h5-13H,3-4,15H2,1-2H3,(H,24,26)/b17-12-. The summed E-state index contributed by atoms with van der Waals surface area (Å²) in [6.45, 7) is 3.93. The quantitative estimate of drug-likeness (QED) is 0.397. The number of benzene rings is 2. The summed E-state index contributed by atoms with van der Waals surface area (Å²) in [4.78, 5) is 23.8. The van der Waals surface area contributed by atoms with Crippen LogP contribution in [0, 0.1) is 11.3 Å². The van der Waals surface area contributed by atoms with Crippen LogP contribution in [-0.4, -0.2) is 31.7 Å². The number of anilines is 1. The maximum Gasteiger partial charge on any atom is 0.344 e. The molecule has 0 saturated heterocycles. The molecule has 1 amide bonds. The fourth-order valence-corrected chi connectivity index (χ4v) is 2.38. The summed E-state index contributed by atoms with van der Waals surface area (Å²) in [5.74, 6) is -0.238. The van der Waals surface area contributed by atoms with Crippen molar-refractivity contribution < 1.29 is 23.8 Å². The van der Waals surface area contributed by atoms with Gasteiger partial charge in [0.1, 0.15) is 11.6 Å². The number of nitriles is 1. The van der Waals surface area contributed by atoms with E-state index in [1.807, 2.05) is 19.1 Å². The number of esters is 1. The molecule has 0 saturated carbocycles. The Balaban J connectivity index is 2.19. The van der Waals surface area contributed by atoms with E-state index in [-0.39, 0.29) is 18.8 Å². The Morgan fingerprint density at radius 1 is 1.03 bits per heavy atom. The first-order valence-electron chi connectivity index (χ1n) is 9.10. The molecule has 29 heavy (non-hydrogen) atoms. The van der Waals surface area contributed by atoms with Crippen molar-refractivity contribution in [2.24, 2.45) is 0 Å². The van der Waals surface area contributed by atoms with Crippen LogP contribution in [0.1, 0.15) is 19.4 Å². The van der Waals surface area contributed by atoms with Gasteiger partial charge in [0.2, 0.25) is 0 Å². The van der Waals surface area contributed by atoms with Gasteiger partial charge in [-0.1, -0.05) is 24.3 Å². The summed E-state index contributed by atoms with van der Waals surface area (Å²) in [5, 5.41) is 12.0. The minimum Gasteiger partial charge on any atom is -0.490 e. The zero-order chi connectivity index (χ0) is 21.1. The summed E-state index contributed by atoms with van der Waals surface area (Å²) in [6.07, 6.45) is 1.45. The largest absolute Gasteiger partial charge is 0.490 e. The molecular formula is C22H22N2O5. The van der Waals surface area contributed by atoms with E-state index in [0.717, 1.165) is 0 Å². The van der Waals surface area contributed by atoms with Gasteiger partial charge in [-0.25, -0.2) is 4.79 Å². The summed E-state index contributed by atoms with van der Waals surface area (Å²) < 4.78 is 15.8. The van der Waals surface area contributed by atoms with Crippen molar-refractivity contribution >= 4 is 23.6 Å². The SMILES string of the molecule is CCOC(=O)COc1ccc(/C=C(/C#N)C(=O)Nc2ccccc2)cc1OCC. The molecule has 0 aliphatic heterocycles. The molecule has 2 rings (SSSR count). The minimum absolute atomic E-state index is 0.0588. The molecule has 2 aromatic carbocycles. The van der Waals surface area contributed by atoms with Gasteiger partial charge in [0.05, 0.1) is 13.2 Å². The Kier molecular flexibility index (Phi) is 8.27. The minimum atomic E-state index is -0.515. The van der Waals surface area contributed by atoms with Crippen molar-refractivity contribution in [2.75, 3.05) is 25.1 Å². The summed E-state index contributed by atoms with van der Waals surface area (Å²) in [5.41, 5.74) is 1.12. The highest BCUT2D eigenvalue weighted by Crippen LogP contribution is 2.29. The van der Waals surface area contributed by atoms with Crippen molar-refractivity contribution in [3.8, 4) is 17.6 Å². The molecule has 1 N–H and O–H groups in total. The van der Waals surface area contributed by atoms with Crippen molar-refractivity contribution in [3.05, 3.63) is 59.7 Å². The van der Waals surface area contributed by atoms with Gasteiger partial charge in [0.25, 0.3) is 5.91 Å². The fourth-order valence-electron chi connectivity index (χ4n) is 2.38. The van der Waals surface area contributed by atoms with E-state index in [9.17, 15) is 14.9 Å². The first-order chi connectivity index (χ1) is 14.1. The number of carbonyl (C=O) groups is 2. The Morgan fingerprint density at radius 3 is 2.45 bits per heavy atom. The van der Waals surface area contributed by atoms with Gasteiger partial charge < -0.3 is 19.5 Å². The Morgan fingerprint density at radius 2 is 1.79 bits per heavy atom. The monoisotopic (exact) mass is 394 g/mol. The molecule has 0 aliphatic carbocycles. The zero-order valence-electron chi connectivity index (χ0n) is 16.3. The number of rotatable bonds is 9. The predicted octanol–water partition coefficient (Wildman–Crippen LogP) is 3.57. The number of nitrogens with one attached hydrogen (secondary N) is 1. The second kappa shape index (κ2) is 11.1. The van der Waals surface area contributed by atoms with Crippen LogP contribution >= 0.6 is 0 Å². The lowest BCUT2D eigenvalue weighted by Crippen LogP contribution is -2.15. The second-order valence-electron chi connectivity index (χ2n) is 5.72. The molecule has 7 nitrogen and oxygen atoms in total. The number of para-hydroxylation sites is 1. The van der Waals surface area contributed by atoms with Gasteiger partial charge in [-0.15, -0.1) is 0 Å². The Bertz CT molecular complexity index is 917. The number of amides is 1. The smallest absolute Gasteiger partial charge is 0.344 e. The molecule has 0 aromatic heterocycles. The van der Waals surface area contributed by atoms with Crippen molar-refractivity contribution in [2.45, 2.75) is 13.8 Å². The van der Waals surface area contributed by atoms with Gasteiger partial charge in [-0.2, -0.15) is 5.26 Å². The topological polar surface area (TPSA) is 97.7 Å². The van der Waals surface area contributed by atoms with Crippen LogP contribution in [0.5, 0.6) is 11.5 Å². The van der Waals surface area contributed by atoms with Gasteiger partial charge in [0, 0.05) is 5.69 Å². The van der Waals surface area contributed by atoms with Crippen molar-refractivity contribution in [1.29, 1.82) is 5.26 Å². The third-order valence-electron chi connectivity index (χ3n) is 3.63. The van der Waals surface area contributed by atoms with E-state index < -0.39 is 11.9 Å². The second-order valence-corrected chi connectivity index (χ2v) is 5.72. The number of nitrogens with zero attached hydrogens (tertiary/aromatic N) is 1. The van der Waals surface area contributed by atoms with Crippen LogP contribution in [0.2, 0.25) is 0 Å². The highest BCUT2D eigenvalue weighted by molar-refractivity contribution is 6.09. The molecular weight excluding hydrogens is 372 g/mol. The van der Waals surface area contributed by atoms with Gasteiger partial charge in [0.15, 0.2) is 18.1 Å². The maximum atomic E-state index is 12.4. The first kappa shape index (κ1) is 21.5. The number of hydrogen-bond donors (Lipinski definition) is 1. The summed E-state index contributed by atoms with van der Waals surface area (Å²) >= 11 is 0. The van der Waals surface area contributed by atoms with E-state index in [4.69, 9.17) is 14.2 Å². The first-order valence-corrected chi connectivity index (χ1v) is 9.10. The molecule has 0 atom stereocenters. The zero-order valence-corrected chi connectivity index (χ0v) is 16.3.